The molecule has 0 unspecified atom stereocenters. The summed E-state index contributed by atoms with van der Waals surface area (Å²) in [5.74, 6) is 0.820. The quantitative estimate of drug-likeness (QED) is 0.265. The molecule has 5 rings (SSSR count). The van der Waals surface area contributed by atoms with Crippen molar-refractivity contribution in [1.29, 1.82) is 0 Å². The van der Waals surface area contributed by atoms with E-state index in [1.807, 2.05) is 67.7 Å². The monoisotopic (exact) mass is 453 g/mol. The van der Waals surface area contributed by atoms with Crippen LogP contribution in [0.15, 0.2) is 89.5 Å². The Labute approximate surface area is 197 Å². The van der Waals surface area contributed by atoms with Crippen LogP contribution in [-0.4, -0.2) is 21.5 Å². The summed E-state index contributed by atoms with van der Waals surface area (Å²) in [5.41, 5.74) is 2.85. The molecule has 0 aliphatic heterocycles. The number of hydrogen-bond donors (Lipinski definition) is 4. The molecule has 0 bridgehead atoms. The molecule has 34 heavy (non-hydrogen) atoms. The summed E-state index contributed by atoms with van der Waals surface area (Å²) in [7, 11) is 0. The minimum absolute atomic E-state index is 0.128. The van der Waals surface area contributed by atoms with Crippen LogP contribution in [0.2, 0.25) is 0 Å². The van der Waals surface area contributed by atoms with E-state index in [1.165, 1.54) is 0 Å². The highest BCUT2D eigenvalue weighted by molar-refractivity contribution is 5.89. The summed E-state index contributed by atoms with van der Waals surface area (Å²) in [6, 6.07) is 24.8. The zero-order chi connectivity index (χ0) is 23.5. The van der Waals surface area contributed by atoms with Crippen molar-refractivity contribution in [2.75, 3.05) is 0 Å². The number of fused-ring (bicyclic) bond motifs is 2. The number of carbonyl (C=O) groups is 1. The summed E-state index contributed by atoms with van der Waals surface area (Å²) in [6.45, 7) is 2.64. The second-order valence-corrected chi connectivity index (χ2v) is 8.83. The van der Waals surface area contributed by atoms with Crippen LogP contribution in [0, 0.1) is 0 Å². The van der Waals surface area contributed by atoms with E-state index in [9.17, 15) is 9.90 Å². The van der Waals surface area contributed by atoms with Gasteiger partial charge in [0.1, 0.15) is 17.1 Å². The summed E-state index contributed by atoms with van der Waals surface area (Å²) >= 11 is 0. The van der Waals surface area contributed by atoms with Crippen molar-refractivity contribution in [1.82, 2.24) is 15.6 Å². The first-order valence-corrected chi connectivity index (χ1v) is 11.3. The average molecular weight is 454 g/mol. The highest BCUT2D eigenvalue weighted by atomic mass is 16.3. The lowest BCUT2D eigenvalue weighted by atomic mass is 9.91. The van der Waals surface area contributed by atoms with E-state index in [0.717, 1.165) is 38.8 Å². The van der Waals surface area contributed by atoms with Crippen molar-refractivity contribution in [3.8, 4) is 5.75 Å². The van der Waals surface area contributed by atoms with E-state index in [0.29, 0.717) is 19.5 Å². The maximum atomic E-state index is 13.5. The number of amides is 1. The molecule has 4 N–H and O–H groups in total. The van der Waals surface area contributed by atoms with Gasteiger partial charge in [-0.3, -0.25) is 10.1 Å². The number of aromatic nitrogens is 1. The van der Waals surface area contributed by atoms with Gasteiger partial charge in [-0.2, -0.15) is 0 Å². The summed E-state index contributed by atoms with van der Waals surface area (Å²) in [6.07, 6.45) is 2.46. The molecule has 0 aliphatic rings. The number of hydrogen-bond acceptors (Lipinski definition) is 4. The van der Waals surface area contributed by atoms with Crippen molar-refractivity contribution in [3.05, 3.63) is 102 Å². The number of H-pyrrole nitrogens is 1. The predicted molar refractivity (Wildman–Crippen MR) is 133 cm³/mol. The standard InChI is InChI=1S/C28H27N3O3/c1-28(15-21-17-29-25-11-4-3-10-24(21)25,27(33)30-16-19-7-6-9-22(32)13-19)31-18-23-14-20-8-2-5-12-26(20)34-23/h2-14,17,29,31-32H,15-16,18H2,1H3,(H,30,33)/t28-/m1/s1. The lowest BCUT2D eigenvalue weighted by Crippen LogP contribution is -2.55. The Hall–Kier alpha value is -4.03. The Morgan fingerprint density at radius 3 is 2.68 bits per heavy atom. The maximum Gasteiger partial charge on any atom is 0.240 e. The fraction of sp³-hybridized carbons (Fsp3) is 0.179. The van der Waals surface area contributed by atoms with Crippen LogP contribution in [0.25, 0.3) is 21.9 Å². The van der Waals surface area contributed by atoms with Crippen LogP contribution in [0.3, 0.4) is 0 Å². The molecule has 0 saturated carbocycles. The number of para-hydroxylation sites is 2. The number of phenolic OH excluding ortho intramolecular Hbond substituents is 1. The molecule has 0 aliphatic carbocycles. The lowest BCUT2D eigenvalue weighted by molar-refractivity contribution is -0.127. The first-order valence-electron chi connectivity index (χ1n) is 11.3. The predicted octanol–water partition coefficient (Wildman–Crippen LogP) is 5.03. The Bertz CT molecular complexity index is 1420. The third-order valence-electron chi connectivity index (χ3n) is 6.21. The van der Waals surface area contributed by atoms with Crippen LogP contribution in [-0.2, 0) is 24.3 Å². The molecule has 2 heterocycles. The highest BCUT2D eigenvalue weighted by Crippen LogP contribution is 2.24. The van der Waals surface area contributed by atoms with Crippen molar-refractivity contribution in [3.63, 3.8) is 0 Å². The second-order valence-electron chi connectivity index (χ2n) is 8.83. The van der Waals surface area contributed by atoms with Gasteiger partial charge in [0, 0.05) is 35.5 Å². The summed E-state index contributed by atoms with van der Waals surface area (Å²) in [4.78, 5) is 16.8. The molecule has 1 atom stereocenters. The van der Waals surface area contributed by atoms with Gasteiger partial charge in [0.2, 0.25) is 5.91 Å². The van der Waals surface area contributed by atoms with Gasteiger partial charge in [0.25, 0.3) is 0 Å². The maximum absolute atomic E-state index is 13.5. The molecule has 6 nitrogen and oxygen atoms in total. The van der Waals surface area contributed by atoms with Gasteiger partial charge in [0.05, 0.1) is 12.1 Å². The van der Waals surface area contributed by atoms with Gasteiger partial charge in [-0.15, -0.1) is 0 Å². The Morgan fingerprint density at radius 2 is 1.82 bits per heavy atom. The van der Waals surface area contributed by atoms with Gasteiger partial charge in [0.15, 0.2) is 0 Å². The third-order valence-corrected chi connectivity index (χ3v) is 6.21. The number of furan rings is 1. The number of nitrogens with one attached hydrogen (secondary N) is 3. The SMILES string of the molecule is C[C@](Cc1c[nH]c2ccccc12)(NCc1cc2ccccc2o1)C(=O)NCc1cccc(O)c1. The van der Waals surface area contributed by atoms with Crippen LogP contribution in [0.5, 0.6) is 5.75 Å². The van der Waals surface area contributed by atoms with Crippen LogP contribution in [0.4, 0.5) is 0 Å². The number of phenols is 1. The van der Waals surface area contributed by atoms with Crippen molar-refractivity contribution in [2.24, 2.45) is 0 Å². The molecule has 2 aromatic heterocycles. The van der Waals surface area contributed by atoms with Crippen molar-refractivity contribution in [2.45, 2.75) is 32.0 Å². The number of rotatable bonds is 8. The van der Waals surface area contributed by atoms with Crippen molar-refractivity contribution < 1.29 is 14.3 Å². The molecule has 3 aromatic carbocycles. The number of aromatic amines is 1. The fourth-order valence-corrected chi connectivity index (χ4v) is 4.33. The van der Waals surface area contributed by atoms with E-state index >= 15 is 0 Å². The smallest absolute Gasteiger partial charge is 0.240 e. The van der Waals surface area contributed by atoms with Crippen molar-refractivity contribution >= 4 is 27.8 Å². The van der Waals surface area contributed by atoms with Crippen LogP contribution < -0.4 is 10.6 Å². The summed E-state index contributed by atoms with van der Waals surface area (Å²) < 4.78 is 5.96. The van der Waals surface area contributed by atoms with E-state index < -0.39 is 5.54 Å². The zero-order valence-electron chi connectivity index (χ0n) is 19.0. The molecule has 0 fully saturated rings. The fourth-order valence-electron chi connectivity index (χ4n) is 4.33. The average Bonchev–Trinajstić information content (AvgIpc) is 3.45. The number of benzene rings is 3. The molecule has 5 aromatic rings. The lowest BCUT2D eigenvalue weighted by Gasteiger charge is -2.29. The Balaban J connectivity index is 1.39. The third kappa shape index (κ3) is 4.54. The second kappa shape index (κ2) is 9.08. The highest BCUT2D eigenvalue weighted by Gasteiger charge is 2.34. The van der Waals surface area contributed by atoms with Gasteiger partial charge in [-0.25, -0.2) is 0 Å². The molecule has 1 amide bonds. The van der Waals surface area contributed by atoms with Gasteiger partial charge in [-0.05, 0) is 48.4 Å². The van der Waals surface area contributed by atoms with E-state index in [2.05, 4.69) is 21.7 Å². The Morgan fingerprint density at radius 1 is 1.00 bits per heavy atom. The largest absolute Gasteiger partial charge is 0.508 e. The van der Waals surface area contributed by atoms with Gasteiger partial charge >= 0.3 is 0 Å². The minimum atomic E-state index is -0.902. The normalized spacial score (nSPS) is 13.2. The van der Waals surface area contributed by atoms with E-state index in [-0.39, 0.29) is 11.7 Å². The molecular weight excluding hydrogens is 426 g/mol. The molecule has 6 heteroatoms. The van der Waals surface area contributed by atoms with E-state index in [4.69, 9.17) is 4.42 Å². The molecule has 172 valence electrons. The topological polar surface area (TPSA) is 90.3 Å². The number of aromatic hydroxyl groups is 1. The minimum Gasteiger partial charge on any atom is -0.508 e. The molecule has 0 radical (unpaired) electrons. The first-order chi connectivity index (χ1) is 16.5. The van der Waals surface area contributed by atoms with Crippen LogP contribution >= 0.6 is 0 Å². The van der Waals surface area contributed by atoms with Gasteiger partial charge in [-0.1, -0.05) is 48.5 Å². The molecule has 0 spiro atoms. The molecule has 0 saturated heterocycles. The molecular formula is C28H27N3O3. The summed E-state index contributed by atoms with van der Waals surface area (Å²) in [5, 5.41) is 18.4. The van der Waals surface area contributed by atoms with E-state index in [1.54, 1.807) is 18.2 Å². The van der Waals surface area contributed by atoms with Gasteiger partial charge < -0.3 is 19.8 Å². The zero-order valence-corrected chi connectivity index (χ0v) is 19.0. The Kier molecular flexibility index (Phi) is 5.82. The first kappa shape index (κ1) is 21.8. The number of carbonyl (C=O) groups excluding carboxylic acids is 1. The van der Waals surface area contributed by atoms with Crippen LogP contribution in [0.1, 0.15) is 23.8 Å².